The molecule has 1 aliphatic rings. The number of aliphatic carboxylic acids is 1. The number of carboxylic acid groups (broad SMARTS) is 1. The molecule has 0 saturated heterocycles. The van der Waals surface area contributed by atoms with Gasteiger partial charge in [0, 0.05) is 15.7 Å². The SMILES string of the molecule is CC1CCCC(NC(=O)c2ccc(N)c(Br)c2)(C(=O)O)C1. The summed E-state index contributed by atoms with van der Waals surface area (Å²) >= 11 is 3.27. The average molecular weight is 355 g/mol. The van der Waals surface area contributed by atoms with E-state index in [1.54, 1.807) is 18.2 Å². The summed E-state index contributed by atoms with van der Waals surface area (Å²) < 4.78 is 0.622. The highest BCUT2D eigenvalue weighted by atomic mass is 79.9. The van der Waals surface area contributed by atoms with Crippen LogP contribution >= 0.6 is 15.9 Å². The Bertz CT molecular complexity index is 576. The zero-order chi connectivity index (χ0) is 15.6. The molecule has 5 nitrogen and oxygen atoms in total. The van der Waals surface area contributed by atoms with Gasteiger partial charge in [-0.15, -0.1) is 0 Å². The van der Waals surface area contributed by atoms with Gasteiger partial charge in [0.25, 0.3) is 5.91 Å². The number of carbonyl (C=O) groups excluding carboxylic acids is 1. The molecule has 1 aromatic carbocycles. The molecule has 0 spiro atoms. The molecule has 1 saturated carbocycles. The molecule has 0 bridgehead atoms. The van der Waals surface area contributed by atoms with Crippen molar-refractivity contribution in [2.75, 3.05) is 5.73 Å². The lowest BCUT2D eigenvalue weighted by Gasteiger charge is -2.37. The Balaban J connectivity index is 2.22. The maximum atomic E-state index is 12.4. The topological polar surface area (TPSA) is 92.4 Å². The molecular weight excluding hydrogens is 336 g/mol. The molecule has 2 rings (SSSR count). The number of anilines is 1. The van der Waals surface area contributed by atoms with Crippen LogP contribution in [0.4, 0.5) is 5.69 Å². The molecule has 0 radical (unpaired) electrons. The number of nitrogens with one attached hydrogen (secondary N) is 1. The third kappa shape index (κ3) is 3.37. The van der Waals surface area contributed by atoms with E-state index in [4.69, 9.17) is 5.73 Å². The van der Waals surface area contributed by atoms with Crippen LogP contribution in [0.15, 0.2) is 22.7 Å². The summed E-state index contributed by atoms with van der Waals surface area (Å²) in [4.78, 5) is 24.0. The Labute approximate surface area is 132 Å². The van der Waals surface area contributed by atoms with E-state index in [-0.39, 0.29) is 11.8 Å². The third-order valence-electron chi connectivity index (χ3n) is 4.02. The van der Waals surface area contributed by atoms with E-state index in [0.29, 0.717) is 28.6 Å². The normalized spacial score (nSPS) is 25.3. The second-order valence-electron chi connectivity index (χ2n) is 5.78. The van der Waals surface area contributed by atoms with Gasteiger partial charge in [0.2, 0.25) is 0 Å². The van der Waals surface area contributed by atoms with Crippen LogP contribution in [0.5, 0.6) is 0 Å². The zero-order valence-corrected chi connectivity index (χ0v) is 13.4. The van der Waals surface area contributed by atoms with Crippen LogP contribution in [0.2, 0.25) is 0 Å². The minimum absolute atomic E-state index is 0.285. The number of benzene rings is 1. The van der Waals surface area contributed by atoms with E-state index in [0.717, 1.165) is 12.8 Å². The highest BCUT2D eigenvalue weighted by Gasteiger charge is 2.43. The van der Waals surface area contributed by atoms with E-state index in [2.05, 4.69) is 21.2 Å². The second kappa shape index (κ2) is 6.05. The van der Waals surface area contributed by atoms with Crippen molar-refractivity contribution in [2.45, 2.75) is 38.1 Å². The molecule has 114 valence electrons. The van der Waals surface area contributed by atoms with Crippen LogP contribution in [-0.4, -0.2) is 22.5 Å². The van der Waals surface area contributed by atoms with E-state index < -0.39 is 11.5 Å². The van der Waals surface area contributed by atoms with Crippen molar-refractivity contribution < 1.29 is 14.7 Å². The van der Waals surface area contributed by atoms with Gasteiger partial charge in [-0.05, 0) is 52.9 Å². The van der Waals surface area contributed by atoms with Crippen molar-refractivity contribution in [3.8, 4) is 0 Å². The third-order valence-corrected chi connectivity index (χ3v) is 4.71. The van der Waals surface area contributed by atoms with Gasteiger partial charge in [-0.1, -0.05) is 19.8 Å². The lowest BCUT2D eigenvalue weighted by molar-refractivity contribution is -0.146. The van der Waals surface area contributed by atoms with Gasteiger partial charge in [-0.2, -0.15) is 0 Å². The van der Waals surface area contributed by atoms with Crippen molar-refractivity contribution >= 4 is 33.5 Å². The first kappa shape index (κ1) is 15.8. The summed E-state index contributed by atoms with van der Waals surface area (Å²) in [5, 5.41) is 12.3. The Morgan fingerprint density at radius 2 is 2.19 bits per heavy atom. The summed E-state index contributed by atoms with van der Waals surface area (Å²) in [5.41, 5.74) is 5.46. The first-order valence-corrected chi connectivity index (χ1v) is 7.74. The number of nitrogen functional groups attached to an aromatic ring is 1. The molecule has 0 aromatic heterocycles. The second-order valence-corrected chi connectivity index (χ2v) is 6.63. The summed E-state index contributed by atoms with van der Waals surface area (Å²) in [6.45, 7) is 2.02. The van der Waals surface area contributed by atoms with Crippen LogP contribution in [0, 0.1) is 5.92 Å². The lowest BCUT2D eigenvalue weighted by atomic mass is 9.76. The number of halogens is 1. The molecule has 0 aliphatic heterocycles. The number of carbonyl (C=O) groups is 2. The number of amides is 1. The Morgan fingerprint density at radius 1 is 1.48 bits per heavy atom. The molecule has 1 aliphatic carbocycles. The maximum absolute atomic E-state index is 12.4. The smallest absolute Gasteiger partial charge is 0.329 e. The first-order valence-electron chi connectivity index (χ1n) is 6.95. The minimum Gasteiger partial charge on any atom is -0.480 e. The van der Waals surface area contributed by atoms with Crippen LogP contribution in [0.1, 0.15) is 43.0 Å². The maximum Gasteiger partial charge on any atom is 0.329 e. The Hall–Kier alpha value is -1.56. The predicted octanol–water partition coefficient (Wildman–Crippen LogP) is 2.79. The summed E-state index contributed by atoms with van der Waals surface area (Å²) in [6.07, 6.45) is 2.73. The van der Waals surface area contributed by atoms with Gasteiger partial charge in [-0.3, -0.25) is 4.79 Å². The number of nitrogens with two attached hydrogens (primary N) is 1. The monoisotopic (exact) mass is 354 g/mol. The summed E-state index contributed by atoms with van der Waals surface area (Å²) in [7, 11) is 0. The predicted molar refractivity (Wildman–Crippen MR) is 84.0 cm³/mol. The average Bonchev–Trinajstić information content (AvgIpc) is 2.41. The molecule has 2 unspecified atom stereocenters. The quantitative estimate of drug-likeness (QED) is 0.727. The van der Waals surface area contributed by atoms with Crippen molar-refractivity contribution in [3.63, 3.8) is 0 Å². The van der Waals surface area contributed by atoms with Gasteiger partial charge in [-0.25, -0.2) is 4.79 Å². The van der Waals surface area contributed by atoms with Crippen LogP contribution in [0.25, 0.3) is 0 Å². The van der Waals surface area contributed by atoms with Crippen molar-refractivity contribution in [3.05, 3.63) is 28.2 Å². The molecule has 1 aromatic rings. The summed E-state index contributed by atoms with van der Waals surface area (Å²) in [5.74, 6) is -1.06. The fraction of sp³-hybridized carbons (Fsp3) is 0.467. The van der Waals surface area contributed by atoms with Crippen molar-refractivity contribution in [1.82, 2.24) is 5.32 Å². The Morgan fingerprint density at radius 3 is 2.76 bits per heavy atom. The molecule has 1 amide bonds. The fourth-order valence-electron chi connectivity index (χ4n) is 2.87. The molecular formula is C15H19BrN2O3. The fourth-order valence-corrected chi connectivity index (χ4v) is 3.25. The number of carboxylic acids is 1. The Kier molecular flexibility index (Phi) is 4.56. The zero-order valence-electron chi connectivity index (χ0n) is 11.9. The van der Waals surface area contributed by atoms with E-state index >= 15 is 0 Å². The number of hydrogen-bond acceptors (Lipinski definition) is 3. The van der Waals surface area contributed by atoms with Gasteiger partial charge in [0.05, 0.1) is 0 Å². The first-order chi connectivity index (χ1) is 9.84. The van der Waals surface area contributed by atoms with Crippen LogP contribution < -0.4 is 11.1 Å². The molecule has 4 N–H and O–H groups in total. The van der Waals surface area contributed by atoms with Crippen molar-refractivity contribution in [1.29, 1.82) is 0 Å². The molecule has 2 atom stereocenters. The van der Waals surface area contributed by atoms with E-state index in [1.165, 1.54) is 0 Å². The van der Waals surface area contributed by atoms with E-state index in [1.807, 2.05) is 6.92 Å². The van der Waals surface area contributed by atoms with Crippen molar-refractivity contribution in [2.24, 2.45) is 5.92 Å². The van der Waals surface area contributed by atoms with Crippen LogP contribution in [0.3, 0.4) is 0 Å². The van der Waals surface area contributed by atoms with E-state index in [9.17, 15) is 14.7 Å². The lowest BCUT2D eigenvalue weighted by Crippen LogP contribution is -2.56. The standard InChI is InChI=1S/C15H19BrN2O3/c1-9-3-2-6-15(8-9,14(20)21)18-13(19)10-4-5-12(17)11(16)7-10/h4-5,7,9H,2-3,6,8,17H2,1H3,(H,18,19)(H,20,21). The highest BCUT2D eigenvalue weighted by Crippen LogP contribution is 2.33. The largest absolute Gasteiger partial charge is 0.480 e. The highest BCUT2D eigenvalue weighted by molar-refractivity contribution is 9.10. The molecule has 6 heteroatoms. The summed E-state index contributed by atoms with van der Waals surface area (Å²) in [6, 6.07) is 4.82. The molecule has 1 fully saturated rings. The minimum atomic E-state index is -1.16. The molecule has 0 heterocycles. The van der Waals surface area contributed by atoms with Crippen LogP contribution in [-0.2, 0) is 4.79 Å². The number of hydrogen-bond donors (Lipinski definition) is 3. The van der Waals surface area contributed by atoms with Gasteiger partial charge in [0.1, 0.15) is 5.54 Å². The number of rotatable bonds is 3. The molecule has 21 heavy (non-hydrogen) atoms. The van der Waals surface area contributed by atoms with Gasteiger partial charge >= 0.3 is 5.97 Å². The van der Waals surface area contributed by atoms with Gasteiger partial charge in [0.15, 0.2) is 0 Å². The van der Waals surface area contributed by atoms with Gasteiger partial charge < -0.3 is 16.2 Å².